The van der Waals surface area contributed by atoms with Crippen LogP contribution in [0.3, 0.4) is 0 Å². The maximum atomic E-state index is 11.0. The lowest BCUT2D eigenvalue weighted by Crippen LogP contribution is -2.25. The van der Waals surface area contributed by atoms with E-state index in [9.17, 15) is 10.1 Å². The highest BCUT2D eigenvalue weighted by Gasteiger charge is 2.20. The molecule has 1 heterocycles. The summed E-state index contributed by atoms with van der Waals surface area (Å²) in [5.74, 6) is 0.769. The first kappa shape index (κ1) is 15.8. The zero-order valence-corrected chi connectivity index (χ0v) is 13.4. The Hall–Kier alpha value is -3.08. The molecule has 2 aromatic rings. The second kappa shape index (κ2) is 7.00. The van der Waals surface area contributed by atoms with Crippen molar-refractivity contribution in [2.45, 2.75) is 13.5 Å². The normalized spacial score (nSPS) is 14.0. The summed E-state index contributed by atoms with van der Waals surface area (Å²) >= 11 is 0. The Bertz CT molecular complexity index is 780. The van der Waals surface area contributed by atoms with Crippen LogP contribution < -0.4 is 9.64 Å². The summed E-state index contributed by atoms with van der Waals surface area (Å²) in [6.07, 6.45) is 3.51. The number of nitro groups is 1. The summed E-state index contributed by atoms with van der Waals surface area (Å²) < 4.78 is 5.76. The van der Waals surface area contributed by atoms with Crippen molar-refractivity contribution in [3.8, 4) is 5.75 Å². The van der Waals surface area contributed by atoms with Gasteiger partial charge in [0.05, 0.1) is 4.92 Å². The molecule has 2 aromatic carbocycles. The van der Waals surface area contributed by atoms with E-state index in [4.69, 9.17) is 4.74 Å². The van der Waals surface area contributed by atoms with Crippen LogP contribution >= 0.6 is 0 Å². The smallest absolute Gasteiger partial charge is 0.266 e. The molecule has 0 radical (unpaired) electrons. The van der Waals surface area contributed by atoms with Gasteiger partial charge in [-0.25, -0.2) is 0 Å². The summed E-state index contributed by atoms with van der Waals surface area (Å²) in [6, 6.07) is 17.5. The van der Waals surface area contributed by atoms with Gasteiger partial charge in [0.2, 0.25) is 0 Å². The van der Waals surface area contributed by atoms with E-state index in [0.29, 0.717) is 6.61 Å². The Labute approximate surface area is 140 Å². The molecule has 1 aliphatic heterocycles. The molecule has 0 aromatic heterocycles. The second-order valence-electron chi connectivity index (χ2n) is 5.66. The molecule has 3 rings (SSSR count). The van der Waals surface area contributed by atoms with Crippen LogP contribution in [-0.2, 0) is 6.61 Å². The van der Waals surface area contributed by atoms with Crippen molar-refractivity contribution < 1.29 is 9.66 Å². The number of anilines is 1. The fourth-order valence-corrected chi connectivity index (χ4v) is 2.56. The molecule has 0 fully saturated rings. The van der Waals surface area contributed by atoms with Crippen molar-refractivity contribution >= 4 is 5.69 Å². The molecule has 0 saturated carbocycles. The largest absolute Gasteiger partial charge is 0.489 e. The van der Waals surface area contributed by atoms with E-state index >= 15 is 0 Å². The first-order chi connectivity index (χ1) is 11.6. The molecule has 0 spiro atoms. The van der Waals surface area contributed by atoms with Crippen molar-refractivity contribution in [2.24, 2.45) is 0 Å². The SMILES string of the molecule is CC1=CN(c2ccc(OCc3ccccc3)cc2)CC([N+](=O)[O-])=C1. The summed E-state index contributed by atoms with van der Waals surface area (Å²) in [6.45, 7) is 2.62. The lowest BCUT2D eigenvalue weighted by Gasteiger charge is -2.23. The van der Waals surface area contributed by atoms with Crippen molar-refractivity contribution in [1.29, 1.82) is 0 Å². The molecule has 24 heavy (non-hydrogen) atoms. The molecular formula is C19H18N2O3. The maximum absolute atomic E-state index is 11.0. The maximum Gasteiger partial charge on any atom is 0.266 e. The number of ether oxygens (including phenoxy) is 1. The van der Waals surface area contributed by atoms with Gasteiger partial charge >= 0.3 is 0 Å². The minimum atomic E-state index is -0.332. The van der Waals surface area contributed by atoms with Gasteiger partial charge in [-0.3, -0.25) is 10.1 Å². The van der Waals surface area contributed by atoms with E-state index in [1.54, 1.807) is 6.08 Å². The first-order valence-corrected chi connectivity index (χ1v) is 7.68. The molecule has 5 heteroatoms. The number of benzene rings is 2. The van der Waals surface area contributed by atoms with Gasteiger partial charge in [-0.2, -0.15) is 0 Å². The topological polar surface area (TPSA) is 55.6 Å². The highest BCUT2D eigenvalue weighted by atomic mass is 16.6. The number of nitrogens with zero attached hydrogens (tertiary/aromatic N) is 2. The molecule has 0 saturated heterocycles. The molecular weight excluding hydrogens is 304 g/mol. The highest BCUT2D eigenvalue weighted by Crippen LogP contribution is 2.24. The van der Waals surface area contributed by atoms with Crippen LogP contribution in [0.2, 0.25) is 0 Å². The Kier molecular flexibility index (Phi) is 4.61. The fraction of sp³-hybridized carbons (Fsp3) is 0.158. The average molecular weight is 322 g/mol. The molecule has 1 aliphatic rings. The van der Waals surface area contributed by atoms with Crippen LogP contribution in [0.15, 0.2) is 78.1 Å². The standard InChI is InChI=1S/C19H18N2O3/c1-15-11-18(21(22)23)13-20(12-15)17-7-9-19(10-8-17)24-14-16-5-3-2-4-6-16/h2-12H,13-14H2,1H3. The molecule has 0 unspecified atom stereocenters. The van der Waals surface area contributed by atoms with E-state index < -0.39 is 0 Å². The monoisotopic (exact) mass is 322 g/mol. The van der Waals surface area contributed by atoms with E-state index in [1.807, 2.05) is 72.6 Å². The zero-order valence-electron chi connectivity index (χ0n) is 13.4. The van der Waals surface area contributed by atoms with Gasteiger partial charge in [-0.1, -0.05) is 30.3 Å². The van der Waals surface area contributed by atoms with Gasteiger partial charge in [0.1, 0.15) is 18.9 Å². The van der Waals surface area contributed by atoms with E-state index in [1.165, 1.54) is 0 Å². The minimum absolute atomic E-state index is 0.194. The van der Waals surface area contributed by atoms with E-state index in [0.717, 1.165) is 22.6 Å². The minimum Gasteiger partial charge on any atom is -0.489 e. The van der Waals surface area contributed by atoms with Gasteiger partial charge < -0.3 is 9.64 Å². The number of rotatable bonds is 5. The lowest BCUT2D eigenvalue weighted by atomic mass is 10.1. The molecule has 0 bridgehead atoms. The Morgan fingerprint density at radius 1 is 1.12 bits per heavy atom. The van der Waals surface area contributed by atoms with Crippen molar-refractivity contribution in [3.05, 3.63) is 93.8 Å². The van der Waals surface area contributed by atoms with Crippen LogP contribution in [0, 0.1) is 10.1 Å². The second-order valence-corrected chi connectivity index (χ2v) is 5.66. The predicted molar refractivity (Wildman–Crippen MR) is 93.4 cm³/mol. The third-order valence-corrected chi connectivity index (χ3v) is 3.74. The van der Waals surface area contributed by atoms with Crippen molar-refractivity contribution in [1.82, 2.24) is 0 Å². The Morgan fingerprint density at radius 2 is 1.83 bits per heavy atom. The zero-order chi connectivity index (χ0) is 16.9. The molecule has 0 N–H and O–H groups in total. The molecule has 0 atom stereocenters. The van der Waals surface area contributed by atoms with Crippen LogP contribution in [0.5, 0.6) is 5.75 Å². The average Bonchev–Trinajstić information content (AvgIpc) is 2.61. The summed E-state index contributed by atoms with van der Waals surface area (Å²) in [4.78, 5) is 12.6. The van der Waals surface area contributed by atoms with Gasteiger partial charge in [0.15, 0.2) is 0 Å². The van der Waals surface area contributed by atoms with Gasteiger partial charge in [0, 0.05) is 18.0 Å². The highest BCUT2D eigenvalue weighted by molar-refractivity contribution is 5.54. The van der Waals surface area contributed by atoms with Crippen LogP contribution in [0.4, 0.5) is 5.69 Å². The molecule has 5 nitrogen and oxygen atoms in total. The Morgan fingerprint density at radius 3 is 2.50 bits per heavy atom. The van der Waals surface area contributed by atoms with Gasteiger partial charge in [-0.15, -0.1) is 0 Å². The van der Waals surface area contributed by atoms with Crippen LogP contribution in [-0.4, -0.2) is 11.5 Å². The lowest BCUT2D eigenvalue weighted by molar-refractivity contribution is -0.425. The van der Waals surface area contributed by atoms with E-state index in [2.05, 4.69) is 0 Å². The predicted octanol–water partition coefficient (Wildman–Crippen LogP) is 4.15. The number of hydrogen-bond donors (Lipinski definition) is 0. The summed E-state index contributed by atoms with van der Waals surface area (Å²) in [5, 5.41) is 11.0. The molecule has 0 amide bonds. The fourth-order valence-electron chi connectivity index (χ4n) is 2.56. The van der Waals surface area contributed by atoms with Crippen LogP contribution in [0.1, 0.15) is 12.5 Å². The quantitative estimate of drug-likeness (QED) is 0.613. The van der Waals surface area contributed by atoms with E-state index in [-0.39, 0.29) is 17.2 Å². The summed E-state index contributed by atoms with van der Waals surface area (Å²) in [7, 11) is 0. The van der Waals surface area contributed by atoms with Gasteiger partial charge in [-0.05, 0) is 42.3 Å². The summed E-state index contributed by atoms with van der Waals surface area (Å²) in [5.41, 5.74) is 3.06. The molecule has 0 aliphatic carbocycles. The third kappa shape index (κ3) is 3.81. The van der Waals surface area contributed by atoms with Crippen LogP contribution in [0.25, 0.3) is 0 Å². The number of hydrogen-bond acceptors (Lipinski definition) is 4. The Balaban J connectivity index is 1.66. The third-order valence-electron chi connectivity index (χ3n) is 3.74. The van der Waals surface area contributed by atoms with Crippen molar-refractivity contribution in [2.75, 3.05) is 11.4 Å². The molecule has 122 valence electrons. The number of allylic oxidation sites excluding steroid dienone is 2. The first-order valence-electron chi connectivity index (χ1n) is 7.68. The van der Waals surface area contributed by atoms with Gasteiger partial charge in [0.25, 0.3) is 5.70 Å². The van der Waals surface area contributed by atoms with Crippen molar-refractivity contribution in [3.63, 3.8) is 0 Å².